The van der Waals surface area contributed by atoms with E-state index in [1.165, 1.54) is 4.31 Å². The zero-order valence-corrected chi connectivity index (χ0v) is 17.9. The highest BCUT2D eigenvalue weighted by atomic mass is 79.9. The lowest BCUT2D eigenvalue weighted by molar-refractivity contribution is -0.120. The summed E-state index contributed by atoms with van der Waals surface area (Å²) in [6, 6.07) is 11.9. The Bertz CT molecular complexity index is 948. The number of piperidine rings is 1. The summed E-state index contributed by atoms with van der Waals surface area (Å²) in [6.45, 7) is 2.50. The average molecular weight is 472 g/mol. The summed E-state index contributed by atoms with van der Waals surface area (Å²) >= 11 is 9.37. The minimum atomic E-state index is -3.60. The van der Waals surface area contributed by atoms with E-state index in [0.717, 1.165) is 10.0 Å². The second-order valence-corrected chi connectivity index (χ2v) is 9.83. The molecule has 3 rings (SSSR count). The molecular weight excluding hydrogens is 452 g/mol. The first-order valence-corrected chi connectivity index (χ1v) is 11.2. The molecule has 0 aliphatic carbocycles. The van der Waals surface area contributed by atoms with E-state index in [1.807, 2.05) is 6.92 Å². The molecule has 0 bridgehead atoms. The highest BCUT2D eigenvalue weighted by molar-refractivity contribution is 9.10. The number of nitrogens with one attached hydrogen (secondary N) is 1. The Morgan fingerprint density at radius 2 is 1.93 bits per heavy atom. The molecule has 0 aromatic heterocycles. The Hall–Kier alpha value is -1.41. The molecule has 0 radical (unpaired) electrons. The third-order valence-electron chi connectivity index (χ3n) is 4.60. The van der Waals surface area contributed by atoms with Crippen molar-refractivity contribution in [1.29, 1.82) is 0 Å². The fraction of sp³-hybridized carbons (Fsp3) is 0.316. The van der Waals surface area contributed by atoms with Crippen LogP contribution in [0.15, 0.2) is 51.8 Å². The van der Waals surface area contributed by atoms with Crippen molar-refractivity contribution in [1.82, 2.24) is 4.31 Å². The summed E-state index contributed by atoms with van der Waals surface area (Å²) in [4.78, 5) is 12.9. The molecule has 144 valence electrons. The second-order valence-electron chi connectivity index (χ2n) is 6.63. The first-order valence-electron chi connectivity index (χ1n) is 8.60. The van der Waals surface area contributed by atoms with Crippen molar-refractivity contribution in [3.63, 3.8) is 0 Å². The molecule has 0 spiro atoms. The molecule has 1 saturated heterocycles. The highest BCUT2D eigenvalue weighted by Crippen LogP contribution is 2.28. The normalized spacial score (nSPS) is 18.3. The van der Waals surface area contributed by atoms with Gasteiger partial charge in [0.25, 0.3) is 0 Å². The fourth-order valence-corrected chi connectivity index (χ4v) is 5.00. The Labute approximate surface area is 172 Å². The van der Waals surface area contributed by atoms with Gasteiger partial charge in [-0.1, -0.05) is 29.3 Å². The van der Waals surface area contributed by atoms with E-state index in [1.54, 1.807) is 42.5 Å². The monoisotopic (exact) mass is 470 g/mol. The Morgan fingerprint density at radius 1 is 1.22 bits per heavy atom. The number of aryl methyl sites for hydroxylation is 1. The van der Waals surface area contributed by atoms with E-state index in [2.05, 4.69) is 21.2 Å². The minimum absolute atomic E-state index is 0.173. The van der Waals surface area contributed by atoms with Crippen LogP contribution in [0.1, 0.15) is 18.4 Å². The summed E-state index contributed by atoms with van der Waals surface area (Å²) in [5.74, 6) is -0.599. The maximum absolute atomic E-state index is 12.9. The number of benzene rings is 2. The highest BCUT2D eigenvalue weighted by Gasteiger charge is 2.33. The molecule has 27 heavy (non-hydrogen) atoms. The average Bonchev–Trinajstić information content (AvgIpc) is 2.65. The van der Waals surface area contributed by atoms with Crippen LogP contribution in [0.5, 0.6) is 0 Å². The number of anilines is 1. The molecular formula is C19H20BrClN2O3S. The van der Waals surface area contributed by atoms with Crippen LogP contribution in [-0.4, -0.2) is 31.7 Å². The van der Waals surface area contributed by atoms with Crippen LogP contribution >= 0.6 is 27.5 Å². The molecule has 0 saturated carbocycles. The van der Waals surface area contributed by atoms with Gasteiger partial charge in [-0.3, -0.25) is 4.79 Å². The third kappa shape index (κ3) is 4.71. The van der Waals surface area contributed by atoms with Gasteiger partial charge in [0.05, 0.1) is 15.8 Å². The molecule has 1 amide bonds. The van der Waals surface area contributed by atoms with Gasteiger partial charge in [-0.2, -0.15) is 4.31 Å². The van der Waals surface area contributed by atoms with E-state index < -0.39 is 15.9 Å². The van der Waals surface area contributed by atoms with E-state index >= 15 is 0 Å². The number of amides is 1. The summed E-state index contributed by atoms with van der Waals surface area (Å²) < 4.78 is 27.9. The summed E-state index contributed by atoms with van der Waals surface area (Å²) in [7, 11) is -3.60. The topological polar surface area (TPSA) is 66.5 Å². The predicted octanol–water partition coefficient (Wildman–Crippen LogP) is 4.45. The van der Waals surface area contributed by atoms with E-state index in [4.69, 9.17) is 11.6 Å². The molecule has 1 heterocycles. The number of hydrogen-bond acceptors (Lipinski definition) is 3. The molecule has 1 N–H and O–H groups in total. The van der Waals surface area contributed by atoms with Crippen LogP contribution in [0.3, 0.4) is 0 Å². The maximum atomic E-state index is 12.9. The third-order valence-corrected chi connectivity index (χ3v) is 7.71. The van der Waals surface area contributed by atoms with Crippen molar-refractivity contribution >= 4 is 49.1 Å². The fourth-order valence-electron chi connectivity index (χ4n) is 3.05. The molecule has 8 heteroatoms. The van der Waals surface area contributed by atoms with Gasteiger partial charge in [0, 0.05) is 23.2 Å². The lowest BCUT2D eigenvalue weighted by Gasteiger charge is -2.31. The molecule has 1 unspecified atom stereocenters. The van der Waals surface area contributed by atoms with Crippen LogP contribution in [-0.2, 0) is 14.8 Å². The molecule has 5 nitrogen and oxygen atoms in total. The Morgan fingerprint density at radius 3 is 2.59 bits per heavy atom. The number of rotatable bonds is 4. The molecule has 1 aliphatic rings. The van der Waals surface area contributed by atoms with Crippen molar-refractivity contribution in [2.24, 2.45) is 5.92 Å². The Balaban J connectivity index is 1.72. The maximum Gasteiger partial charge on any atom is 0.243 e. The SMILES string of the molecule is Cc1ccc(S(=O)(=O)N2CCCC(C(=O)Nc3ccc(Br)c(Cl)c3)C2)cc1. The number of hydrogen-bond donors (Lipinski definition) is 1. The van der Waals surface area contributed by atoms with Crippen molar-refractivity contribution < 1.29 is 13.2 Å². The first-order chi connectivity index (χ1) is 12.8. The predicted molar refractivity (Wildman–Crippen MR) is 110 cm³/mol. The largest absolute Gasteiger partial charge is 0.326 e. The van der Waals surface area contributed by atoms with Gasteiger partial charge in [0.2, 0.25) is 15.9 Å². The van der Waals surface area contributed by atoms with Crippen LogP contribution in [0.2, 0.25) is 5.02 Å². The van der Waals surface area contributed by atoms with Gasteiger partial charge in [-0.25, -0.2) is 8.42 Å². The van der Waals surface area contributed by atoms with Gasteiger partial charge < -0.3 is 5.32 Å². The van der Waals surface area contributed by atoms with Gasteiger partial charge in [0.1, 0.15) is 0 Å². The minimum Gasteiger partial charge on any atom is -0.326 e. The van der Waals surface area contributed by atoms with Crippen molar-refractivity contribution in [3.8, 4) is 0 Å². The summed E-state index contributed by atoms with van der Waals surface area (Å²) in [6.07, 6.45) is 1.29. The van der Waals surface area contributed by atoms with Gasteiger partial charge in [-0.15, -0.1) is 0 Å². The summed E-state index contributed by atoms with van der Waals surface area (Å²) in [5, 5.41) is 3.33. The number of sulfonamides is 1. The van der Waals surface area contributed by atoms with E-state index in [0.29, 0.717) is 30.1 Å². The Kier molecular flexibility index (Phi) is 6.25. The first kappa shape index (κ1) is 20.3. The smallest absolute Gasteiger partial charge is 0.243 e. The van der Waals surface area contributed by atoms with E-state index in [-0.39, 0.29) is 17.3 Å². The molecule has 1 atom stereocenters. The number of carbonyl (C=O) groups is 1. The number of carbonyl (C=O) groups excluding carboxylic acids is 1. The van der Waals surface area contributed by atoms with Crippen LogP contribution in [0.25, 0.3) is 0 Å². The second kappa shape index (κ2) is 8.31. The zero-order chi connectivity index (χ0) is 19.6. The number of nitrogens with zero attached hydrogens (tertiary/aromatic N) is 1. The summed E-state index contributed by atoms with van der Waals surface area (Å²) in [5.41, 5.74) is 1.59. The van der Waals surface area contributed by atoms with Crippen LogP contribution in [0, 0.1) is 12.8 Å². The van der Waals surface area contributed by atoms with E-state index in [9.17, 15) is 13.2 Å². The van der Waals surface area contributed by atoms with Gasteiger partial charge in [-0.05, 0) is 66.0 Å². The number of halogens is 2. The quantitative estimate of drug-likeness (QED) is 0.716. The molecule has 2 aromatic carbocycles. The lowest BCUT2D eigenvalue weighted by atomic mass is 9.99. The van der Waals surface area contributed by atoms with Crippen LogP contribution < -0.4 is 5.32 Å². The van der Waals surface area contributed by atoms with Crippen molar-refractivity contribution in [3.05, 3.63) is 57.5 Å². The van der Waals surface area contributed by atoms with Crippen LogP contribution in [0.4, 0.5) is 5.69 Å². The lowest BCUT2D eigenvalue weighted by Crippen LogP contribution is -2.43. The van der Waals surface area contributed by atoms with Gasteiger partial charge >= 0.3 is 0 Å². The van der Waals surface area contributed by atoms with Crippen molar-refractivity contribution in [2.45, 2.75) is 24.7 Å². The molecule has 1 aliphatic heterocycles. The zero-order valence-electron chi connectivity index (χ0n) is 14.8. The van der Waals surface area contributed by atoms with Crippen molar-refractivity contribution in [2.75, 3.05) is 18.4 Å². The standard InChI is InChI=1S/C19H20BrClN2O3S/c1-13-4-7-16(8-5-13)27(25,26)23-10-2-3-14(12-23)19(24)22-15-6-9-17(20)18(21)11-15/h4-9,11,14H,2-3,10,12H2,1H3,(H,22,24). The molecule has 2 aromatic rings. The van der Waals surface area contributed by atoms with Gasteiger partial charge in [0.15, 0.2) is 0 Å². The molecule has 1 fully saturated rings.